The van der Waals surface area contributed by atoms with E-state index in [0.29, 0.717) is 0 Å². The Labute approximate surface area is 110 Å². The third-order valence-electron chi connectivity index (χ3n) is 1.94. The van der Waals surface area contributed by atoms with Crippen LogP contribution in [0.2, 0.25) is 0 Å². The largest absolute Gasteiger partial charge is 0.433 e. The van der Waals surface area contributed by atoms with E-state index in [0.717, 1.165) is 6.07 Å². The van der Waals surface area contributed by atoms with E-state index < -0.39 is 17.4 Å². The Morgan fingerprint density at radius 1 is 1.11 bits per heavy atom. The second kappa shape index (κ2) is 5.22. The van der Waals surface area contributed by atoms with Crippen LogP contribution in [0, 0.1) is 0 Å². The van der Waals surface area contributed by atoms with Crippen molar-refractivity contribution in [1.82, 2.24) is 9.97 Å². The number of anilines is 2. The van der Waals surface area contributed by atoms with Crippen LogP contribution in [0.25, 0.3) is 0 Å². The van der Waals surface area contributed by atoms with Crippen LogP contribution in [0.4, 0.5) is 24.9 Å². The zero-order chi connectivity index (χ0) is 14.8. The lowest BCUT2D eigenvalue weighted by Gasteiger charge is -2.22. The first-order valence-corrected chi connectivity index (χ1v) is 5.98. The normalized spacial score (nSPS) is 12.7. The van der Waals surface area contributed by atoms with Crippen LogP contribution in [0.15, 0.2) is 6.07 Å². The number of nitrogens with zero attached hydrogens (tertiary/aromatic N) is 2. The molecule has 0 saturated carbocycles. The van der Waals surface area contributed by atoms with Crippen molar-refractivity contribution in [3.8, 4) is 0 Å². The van der Waals surface area contributed by atoms with Crippen LogP contribution in [0.1, 0.15) is 40.3 Å². The van der Waals surface area contributed by atoms with Crippen LogP contribution in [-0.2, 0) is 6.18 Å². The second-order valence-corrected chi connectivity index (χ2v) is 5.63. The number of halogens is 3. The van der Waals surface area contributed by atoms with E-state index in [4.69, 9.17) is 0 Å². The molecule has 0 aliphatic carbocycles. The Hall–Kier alpha value is -1.53. The molecule has 0 amide bonds. The summed E-state index contributed by atoms with van der Waals surface area (Å²) in [6.07, 6.45) is -4.50. The summed E-state index contributed by atoms with van der Waals surface area (Å²) in [7, 11) is 0. The first kappa shape index (κ1) is 15.5. The highest BCUT2D eigenvalue weighted by molar-refractivity contribution is 5.44. The van der Waals surface area contributed by atoms with Crippen molar-refractivity contribution >= 4 is 11.8 Å². The maximum absolute atomic E-state index is 12.8. The molecule has 4 nitrogen and oxygen atoms in total. The van der Waals surface area contributed by atoms with Crippen molar-refractivity contribution in [2.75, 3.05) is 10.6 Å². The smallest absolute Gasteiger partial charge is 0.368 e. The Morgan fingerprint density at radius 2 is 1.68 bits per heavy atom. The number of nitrogens with one attached hydrogen (secondary N) is 2. The molecule has 1 heterocycles. The van der Waals surface area contributed by atoms with Crippen molar-refractivity contribution in [1.29, 1.82) is 0 Å². The maximum Gasteiger partial charge on any atom is 0.433 e. The fourth-order valence-corrected chi connectivity index (χ4v) is 1.35. The summed E-state index contributed by atoms with van der Waals surface area (Å²) in [6, 6.07) is 0.895. The molecular formula is C12H19F3N4. The van der Waals surface area contributed by atoms with Gasteiger partial charge in [-0.3, -0.25) is 0 Å². The number of hydrogen-bond acceptors (Lipinski definition) is 4. The van der Waals surface area contributed by atoms with E-state index in [2.05, 4.69) is 20.6 Å². The van der Waals surface area contributed by atoms with E-state index in [1.165, 1.54) is 0 Å². The van der Waals surface area contributed by atoms with Crippen molar-refractivity contribution in [2.24, 2.45) is 0 Å². The van der Waals surface area contributed by atoms with Gasteiger partial charge in [0.25, 0.3) is 0 Å². The van der Waals surface area contributed by atoms with E-state index in [1.54, 1.807) is 0 Å². The molecule has 0 fully saturated rings. The molecule has 19 heavy (non-hydrogen) atoms. The quantitative estimate of drug-likeness (QED) is 0.886. The summed E-state index contributed by atoms with van der Waals surface area (Å²) in [6.45, 7) is 9.13. The SMILES string of the molecule is CC(C)Nc1cc(C(F)(F)F)nc(NC(C)(C)C)n1. The lowest BCUT2D eigenvalue weighted by Crippen LogP contribution is -2.28. The molecule has 1 aromatic rings. The van der Waals surface area contributed by atoms with Crippen LogP contribution in [-0.4, -0.2) is 21.5 Å². The van der Waals surface area contributed by atoms with Gasteiger partial charge in [0.2, 0.25) is 5.95 Å². The first-order valence-electron chi connectivity index (χ1n) is 5.98. The van der Waals surface area contributed by atoms with Crippen molar-refractivity contribution in [2.45, 2.75) is 52.4 Å². The second-order valence-electron chi connectivity index (χ2n) is 5.63. The van der Waals surface area contributed by atoms with E-state index in [-0.39, 0.29) is 17.8 Å². The van der Waals surface area contributed by atoms with E-state index >= 15 is 0 Å². The van der Waals surface area contributed by atoms with Gasteiger partial charge in [0, 0.05) is 17.6 Å². The summed E-state index contributed by atoms with van der Waals surface area (Å²) in [4.78, 5) is 7.55. The third kappa shape index (κ3) is 5.32. The van der Waals surface area contributed by atoms with Crippen molar-refractivity contribution in [3.05, 3.63) is 11.8 Å². The summed E-state index contributed by atoms with van der Waals surface area (Å²) in [5.74, 6) is 0.120. The molecule has 0 unspecified atom stereocenters. The molecule has 1 aromatic heterocycles. The van der Waals surface area contributed by atoms with E-state index in [1.807, 2.05) is 34.6 Å². The van der Waals surface area contributed by atoms with Crippen LogP contribution >= 0.6 is 0 Å². The lowest BCUT2D eigenvalue weighted by molar-refractivity contribution is -0.141. The summed E-state index contributed by atoms with van der Waals surface area (Å²) < 4.78 is 38.3. The monoisotopic (exact) mass is 276 g/mol. The van der Waals surface area contributed by atoms with Gasteiger partial charge in [-0.1, -0.05) is 0 Å². The number of rotatable bonds is 3. The van der Waals surface area contributed by atoms with Crippen LogP contribution in [0.3, 0.4) is 0 Å². The highest BCUT2D eigenvalue weighted by Gasteiger charge is 2.34. The molecule has 7 heteroatoms. The van der Waals surface area contributed by atoms with Gasteiger partial charge in [-0.25, -0.2) is 4.98 Å². The minimum atomic E-state index is -4.50. The molecule has 2 N–H and O–H groups in total. The molecule has 0 radical (unpaired) electrons. The van der Waals surface area contributed by atoms with Gasteiger partial charge in [-0.15, -0.1) is 0 Å². The topological polar surface area (TPSA) is 49.8 Å². The predicted octanol–water partition coefficient (Wildman–Crippen LogP) is 3.53. The third-order valence-corrected chi connectivity index (χ3v) is 1.94. The van der Waals surface area contributed by atoms with Gasteiger partial charge >= 0.3 is 6.18 Å². The fourth-order valence-electron chi connectivity index (χ4n) is 1.35. The van der Waals surface area contributed by atoms with Gasteiger partial charge in [-0.2, -0.15) is 18.2 Å². The lowest BCUT2D eigenvalue weighted by atomic mass is 10.1. The molecule has 0 aliphatic heterocycles. The average Bonchev–Trinajstić information content (AvgIpc) is 2.11. The summed E-state index contributed by atoms with van der Waals surface area (Å²) in [5.41, 5.74) is -1.38. The molecule has 0 atom stereocenters. The van der Waals surface area contributed by atoms with Crippen molar-refractivity contribution in [3.63, 3.8) is 0 Å². The predicted molar refractivity (Wildman–Crippen MR) is 69.2 cm³/mol. The summed E-state index contributed by atoms with van der Waals surface area (Å²) in [5, 5.41) is 5.70. The van der Waals surface area contributed by atoms with Gasteiger partial charge in [0.05, 0.1) is 0 Å². The minimum absolute atomic E-state index is 0.0153. The van der Waals surface area contributed by atoms with Gasteiger partial charge < -0.3 is 10.6 Å². The van der Waals surface area contributed by atoms with E-state index in [9.17, 15) is 13.2 Å². The zero-order valence-corrected chi connectivity index (χ0v) is 11.7. The number of hydrogen-bond donors (Lipinski definition) is 2. The van der Waals surface area contributed by atoms with Crippen LogP contribution < -0.4 is 10.6 Å². The highest BCUT2D eigenvalue weighted by atomic mass is 19.4. The Bertz CT molecular complexity index is 436. The molecular weight excluding hydrogens is 257 g/mol. The molecule has 1 rings (SSSR count). The fraction of sp³-hybridized carbons (Fsp3) is 0.667. The highest BCUT2D eigenvalue weighted by Crippen LogP contribution is 2.30. The summed E-state index contributed by atoms with van der Waals surface area (Å²) >= 11 is 0. The van der Waals surface area contributed by atoms with Crippen LogP contribution in [0.5, 0.6) is 0 Å². The maximum atomic E-state index is 12.8. The zero-order valence-electron chi connectivity index (χ0n) is 11.7. The molecule has 0 bridgehead atoms. The molecule has 0 spiro atoms. The molecule has 0 aliphatic rings. The minimum Gasteiger partial charge on any atom is -0.368 e. The Balaban J connectivity index is 3.16. The van der Waals surface area contributed by atoms with Gasteiger partial charge in [0.15, 0.2) is 5.69 Å². The van der Waals surface area contributed by atoms with Gasteiger partial charge in [0.1, 0.15) is 5.82 Å². The standard InChI is InChI=1S/C12H19F3N4/c1-7(2)16-9-6-8(12(13,14)15)17-10(18-9)19-11(3,4)5/h6-7H,1-5H3,(H2,16,17,18,19). The average molecular weight is 276 g/mol. The Morgan fingerprint density at radius 3 is 2.11 bits per heavy atom. The van der Waals surface area contributed by atoms with Gasteiger partial charge in [-0.05, 0) is 34.6 Å². The molecule has 0 saturated heterocycles. The number of aromatic nitrogens is 2. The molecule has 108 valence electrons. The first-order chi connectivity index (χ1) is 8.47. The van der Waals surface area contributed by atoms with Crippen molar-refractivity contribution < 1.29 is 13.2 Å². The Kier molecular flexibility index (Phi) is 4.27. The number of alkyl halides is 3. The molecule has 0 aromatic carbocycles.